The van der Waals surface area contributed by atoms with Gasteiger partial charge in [0, 0.05) is 35.7 Å². The number of rotatable bonds is 6. The summed E-state index contributed by atoms with van der Waals surface area (Å²) in [5.41, 5.74) is 2.81. The number of aromatic nitrogens is 2. The number of carbonyl (C=O) groups excluding carboxylic acids is 1. The van der Waals surface area contributed by atoms with Crippen LogP contribution < -0.4 is 5.32 Å². The van der Waals surface area contributed by atoms with Crippen LogP contribution in [0.15, 0.2) is 33.7 Å². The van der Waals surface area contributed by atoms with E-state index in [9.17, 15) is 9.18 Å². The van der Waals surface area contributed by atoms with Crippen LogP contribution in [0, 0.1) is 12.7 Å². The Bertz CT molecular complexity index is 896. The Morgan fingerprint density at radius 2 is 2.07 bits per heavy atom. The Kier molecular flexibility index (Phi) is 5.87. The number of hydrogen-bond donors (Lipinski definition) is 1. The third kappa shape index (κ3) is 4.54. The molecule has 0 spiro atoms. The zero-order valence-electron chi connectivity index (χ0n) is 18.0. The molecular formula is C22H30FN5O. The molecule has 1 unspecified atom stereocenters. The first-order chi connectivity index (χ1) is 13.6. The Morgan fingerprint density at radius 3 is 2.62 bits per heavy atom. The smallest absolute Gasteiger partial charge is 0.254 e. The summed E-state index contributed by atoms with van der Waals surface area (Å²) in [6.07, 6.45) is 4.14. The zero-order chi connectivity index (χ0) is 21.3. The molecule has 1 aliphatic heterocycles. The lowest BCUT2D eigenvalue weighted by Gasteiger charge is -2.22. The van der Waals surface area contributed by atoms with E-state index in [0.717, 1.165) is 30.4 Å². The van der Waals surface area contributed by atoms with Crippen molar-refractivity contribution >= 4 is 12.6 Å². The fourth-order valence-corrected chi connectivity index (χ4v) is 3.70. The zero-order valence-corrected chi connectivity index (χ0v) is 18.0. The van der Waals surface area contributed by atoms with Gasteiger partial charge in [0.05, 0.1) is 11.9 Å². The number of allylic oxidation sites excluding steroid dienone is 1. The second-order valence-electron chi connectivity index (χ2n) is 8.59. The van der Waals surface area contributed by atoms with Crippen molar-refractivity contribution in [3.8, 4) is 0 Å². The van der Waals surface area contributed by atoms with E-state index < -0.39 is 5.82 Å². The highest BCUT2D eigenvalue weighted by molar-refractivity contribution is 5.98. The van der Waals surface area contributed by atoms with E-state index >= 15 is 0 Å². The van der Waals surface area contributed by atoms with Gasteiger partial charge in [-0.05, 0) is 60.6 Å². The molecule has 0 radical (unpaired) electrons. The minimum atomic E-state index is -0.409. The molecule has 6 nitrogen and oxygen atoms in total. The van der Waals surface area contributed by atoms with E-state index in [1.54, 1.807) is 6.92 Å². The van der Waals surface area contributed by atoms with Crippen LogP contribution in [-0.4, -0.2) is 46.1 Å². The lowest BCUT2D eigenvalue weighted by Crippen LogP contribution is -2.33. The molecule has 1 aromatic rings. The SMILES string of the molecule is C=N/C(NC1(C)CC1)=C(\C)C(C(=O)N1CCC(c2ncc(F)c(C)n2)C1)=C(C)C. The summed E-state index contributed by atoms with van der Waals surface area (Å²) in [7, 11) is 0. The normalized spacial score (nSPS) is 20.8. The van der Waals surface area contributed by atoms with Gasteiger partial charge in [-0.2, -0.15) is 0 Å². The van der Waals surface area contributed by atoms with Crippen LogP contribution in [0.5, 0.6) is 0 Å². The fraction of sp³-hybridized carbons (Fsp3) is 0.545. The Morgan fingerprint density at radius 1 is 1.38 bits per heavy atom. The monoisotopic (exact) mass is 399 g/mol. The summed E-state index contributed by atoms with van der Waals surface area (Å²) in [4.78, 5) is 27.8. The topological polar surface area (TPSA) is 70.5 Å². The van der Waals surface area contributed by atoms with E-state index in [1.807, 2.05) is 25.7 Å². The predicted octanol–water partition coefficient (Wildman–Crippen LogP) is 3.65. The van der Waals surface area contributed by atoms with Gasteiger partial charge in [-0.3, -0.25) is 4.79 Å². The van der Waals surface area contributed by atoms with Crippen LogP contribution in [0.3, 0.4) is 0 Å². The lowest BCUT2D eigenvalue weighted by molar-refractivity contribution is -0.126. The number of aryl methyl sites for hydroxylation is 1. The lowest BCUT2D eigenvalue weighted by atomic mass is 10.0. The maximum atomic E-state index is 13.5. The highest BCUT2D eigenvalue weighted by atomic mass is 19.1. The Labute approximate surface area is 172 Å². The molecule has 1 N–H and O–H groups in total. The number of carbonyl (C=O) groups is 1. The molecule has 1 aliphatic carbocycles. The molecule has 3 rings (SSSR count). The van der Waals surface area contributed by atoms with Crippen LogP contribution in [0.1, 0.15) is 64.4 Å². The molecule has 0 aromatic carbocycles. The molecule has 29 heavy (non-hydrogen) atoms. The molecular weight excluding hydrogens is 369 g/mol. The average molecular weight is 400 g/mol. The van der Waals surface area contributed by atoms with E-state index in [1.165, 1.54) is 6.20 Å². The number of halogens is 1. The van der Waals surface area contributed by atoms with Crippen molar-refractivity contribution in [3.63, 3.8) is 0 Å². The van der Waals surface area contributed by atoms with Crippen molar-refractivity contribution in [2.75, 3.05) is 13.1 Å². The largest absolute Gasteiger partial charge is 0.365 e. The summed E-state index contributed by atoms with van der Waals surface area (Å²) < 4.78 is 13.5. The van der Waals surface area contributed by atoms with Crippen LogP contribution in [0.2, 0.25) is 0 Å². The summed E-state index contributed by atoms with van der Waals surface area (Å²) >= 11 is 0. The van der Waals surface area contributed by atoms with Gasteiger partial charge in [-0.1, -0.05) is 5.57 Å². The molecule has 1 saturated carbocycles. The van der Waals surface area contributed by atoms with Crippen molar-refractivity contribution in [1.82, 2.24) is 20.2 Å². The molecule has 156 valence electrons. The van der Waals surface area contributed by atoms with Gasteiger partial charge in [0.2, 0.25) is 0 Å². The summed E-state index contributed by atoms with van der Waals surface area (Å²) in [6, 6.07) is 0. The fourth-order valence-electron chi connectivity index (χ4n) is 3.70. The molecule has 1 atom stereocenters. The Balaban J connectivity index is 1.80. The van der Waals surface area contributed by atoms with Crippen molar-refractivity contribution < 1.29 is 9.18 Å². The first-order valence-electron chi connectivity index (χ1n) is 10.1. The summed E-state index contributed by atoms with van der Waals surface area (Å²) in [5.74, 6) is 0.854. The quantitative estimate of drug-likeness (QED) is 0.450. The van der Waals surface area contributed by atoms with Gasteiger partial charge < -0.3 is 10.2 Å². The molecule has 2 aliphatic rings. The molecule has 2 fully saturated rings. The van der Waals surface area contributed by atoms with Crippen molar-refractivity contribution in [2.45, 2.75) is 65.3 Å². The van der Waals surface area contributed by atoms with Gasteiger partial charge in [-0.25, -0.2) is 19.4 Å². The van der Waals surface area contributed by atoms with Crippen molar-refractivity contribution in [2.24, 2.45) is 4.99 Å². The maximum absolute atomic E-state index is 13.5. The van der Waals surface area contributed by atoms with Crippen molar-refractivity contribution in [1.29, 1.82) is 0 Å². The third-order valence-electron chi connectivity index (χ3n) is 5.80. The molecule has 1 aromatic heterocycles. The Hall–Kier alpha value is -2.57. The minimum absolute atomic E-state index is 0.0152. The second kappa shape index (κ2) is 8.05. The van der Waals surface area contributed by atoms with Gasteiger partial charge in [0.1, 0.15) is 11.6 Å². The van der Waals surface area contributed by atoms with Crippen LogP contribution >= 0.6 is 0 Å². The van der Waals surface area contributed by atoms with Gasteiger partial charge in [-0.15, -0.1) is 0 Å². The predicted molar refractivity (Wildman–Crippen MR) is 112 cm³/mol. The standard InChI is InChI=1S/C22H30FN5O/c1-13(2)18(14(3)19(24-6)27-22(5)8-9-22)21(29)28-10-7-16(12-28)20-25-11-17(23)15(4)26-20/h11,16,27H,6-10,12H2,1-5H3/b19-14-. The van der Waals surface area contributed by atoms with E-state index in [-0.39, 0.29) is 17.4 Å². The molecule has 1 amide bonds. The van der Waals surface area contributed by atoms with E-state index in [4.69, 9.17) is 0 Å². The highest BCUT2D eigenvalue weighted by Gasteiger charge is 2.38. The first kappa shape index (κ1) is 21.1. The number of likely N-dealkylation sites (tertiary alicyclic amines) is 1. The number of amides is 1. The third-order valence-corrected chi connectivity index (χ3v) is 5.80. The molecule has 0 bridgehead atoms. The maximum Gasteiger partial charge on any atom is 0.254 e. The minimum Gasteiger partial charge on any atom is -0.365 e. The first-order valence-corrected chi connectivity index (χ1v) is 10.1. The van der Waals surface area contributed by atoms with E-state index in [0.29, 0.717) is 36.0 Å². The number of nitrogens with zero attached hydrogens (tertiary/aromatic N) is 4. The molecule has 2 heterocycles. The second-order valence-corrected chi connectivity index (χ2v) is 8.59. The summed E-state index contributed by atoms with van der Waals surface area (Å²) in [5, 5.41) is 3.43. The number of hydrogen-bond acceptors (Lipinski definition) is 5. The van der Waals surface area contributed by atoms with Crippen LogP contribution in [0.25, 0.3) is 0 Å². The van der Waals surface area contributed by atoms with Gasteiger partial charge in [0.25, 0.3) is 5.91 Å². The van der Waals surface area contributed by atoms with Gasteiger partial charge >= 0.3 is 0 Å². The molecule has 7 heteroatoms. The van der Waals surface area contributed by atoms with Crippen molar-refractivity contribution in [3.05, 3.63) is 46.1 Å². The molecule has 1 saturated heterocycles. The van der Waals surface area contributed by atoms with Gasteiger partial charge in [0.15, 0.2) is 5.82 Å². The number of nitrogens with one attached hydrogen (secondary N) is 1. The number of aliphatic imine (C=N–C) groups is 1. The van der Waals surface area contributed by atoms with Crippen LogP contribution in [-0.2, 0) is 4.79 Å². The highest BCUT2D eigenvalue weighted by Crippen LogP contribution is 2.36. The summed E-state index contributed by atoms with van der Waals surface area (Å²) in [6.45, 7) is 14.4. The van der Waals surface area contributed by atoms with E-state index in [2.05, 4.69) is 33.9 Å². The average Bonchev–Trinajstić information content (AvgIpc) is 3.19. The van der Waals surface area contributed by atoms with Crippen LogP contribution in [0.4, 0.5) is 4.39 Å².